The smallest absolute Gasteiger partial charge is 0.338 e. The Hall–Kier alpha value is -1.92. The van der Waals surface area contributed by atoms with E-state index in [0.29, 0.717) is 27.1 Å². The maximum Gasteiger partial charge on any atom is 0.338 e. The number of nitrogens with one attached hydrogen (secondary N) is 2. The molecule has 6 nitrogen and oxygen atoms in total. The first kappa shape index (κ1) is 17.4. The van der Waals surface area contributed by atoms with Crippen molar-refractivity contribution in [2.75, 3.05) is 13.2 Å². The fourth-order valence-electron chi connectivity index (χ4n) is 2.12. The molecule has 0 saturated heterocycles. The summed E-state index contributed by atoms with van der Waals surface area (Å²) in [6.07, 6.45) is 0. The van der Waals surface area contributed by atoms with E-state index in [9.17, 15) is 9.59 Å². The summed E-state index contributed by atoms with van der Waals surface area (Å²) in [4.78, 5) is 23.7. The van der Waals surface area contributed by atoms with Gasteiger partial charge in [-0.1, -0.05) is 23.2 Å². The normalized spacial score (nSPS) is 17.4. The van der Waals surface area contributed by atoms with Gasteiger partial charge in [0.2, 0.25) is 0 Å². The first-order valence-electron chi connectivity index (χ1n) is 6.98. The van der Waals surface area contributed by atoms with Gasteiger partial charge in [0.05, 0.1) is 34.0 Å². The Morgan fingerprint density at radius 1 is 1.30 bits per heavy atom. The highest BCUT2D eigenvalue weighted by atomic mass is 35.5. The topological polar surface area (TPSA) is 76.7 Å². The van der Waals surface area contributed by atoms with Crippen LogP contribution in [0, 0.1) is 0 Å². The fraction of sp³-hybridized carbons (Fsp3) is 0.333. The number of halogens is 2. The van der Waals surface area contributed by atoms with Crippen molar-refractivity contribution in [2.24, 2.45) is 0 Å². The van der Waals surface area contributed by atoms with Gasteiger partial charge < -0.3 is 20.1 Å². The highest BCUT2D eigenvalue weighted by molar-refractivity contribution is 6.42. The summed E-state index contributed by atoms with van der Waals surface area (Å²) in [5.41, 5.74) is 0.678. The van der Waals surface area contributed by atoms with Gasteiger partial charge in [0.1, 0.15) is 12.4 Å². The van der Waals surface area contributed by atoms with Crippen molar-refractivity contribution in [3.05, 3.63) is 39.5 Å². The molecule has 0 radical (unpaired) electrons. The van der Waals surface area contributed by atoms with Crippen LogP contribution in [-0.2, 0) is 9.53 Å². The van der Waals surface area contributed by atoms with Crippen LogP contribution in [0.3, 0.4) is 0 Å². The maximum atomic E-state index is 12.1. The number of benzene rings is 1. The molecule has 1 aromatic rings. The van der Waals surface area contributed by atoms with Gasteiger partial charge in [-0.15, -0.1) is 0 Å². The zero-order valence-corrected chi connectivity index (χ0v) is 14.1. The average molecular weight is 359 g/mol. The zero-order valence-electron chi connectivity index (χ0n) is 12.6. The number of carbonyl (C=O) groups excluding carboxylic acids is 2. The summed E-state index contributed by atoms with van der Waals surface area (Å²) in [5, 5.41) is 5.95. The Morgan fingerprint density at radius 2 is 2.04 bits per heavy atom. The fourth-order valence-corrected chi connectivity index (χ4v) is 2.40. The Bertz CT molecular complexity index is 661. The van der Waals surface area contributed by atoms with Crippen molar-refractivity contribution in [3.8, 4) is 5.75 Å². The molecule has 0 saturated carbocycles. The van der Waals surface area contributed by atoms with Gasteiger partial charge in [0.25, 0.3) is 0 Å². The molecule has 1 unspecified atom stereocenters. The molecule has 1 atom stereocenters. The summed E-state index contributed by atoms with van der Waals surface area (Å²) < 4.78 is 10.6. The molecule has 0 bridgehead atoms. The van der Waals surface area contributed by atoms with E-state index in [0.717, 1.165) is 0 Å². The second-order valence-electron chi connectivity index (χ2n) is 4.80. The predicted octanol–water partition coefficient (Wildman–Crippen LogP) is 2.89. The van der Waals surface area contributed by atoms with Crippen LogP contribution in [0.15, 0.2) is 29.5 Å². The molecule has 1 heterocycles. The highest BCUT2D eigenvalue weighted by Crippen LogP contribution is 2.26. The Balaban J connectivity index is 2.20. The number of esters is 1. The minimum Gasteiger partial charge on any atom is -0.487 e. The Labute approximate surface area is 143 Å². The zero-order chi connectivity index (χ0) is 17.0. The molecule has 0 aliphatic carbocycles. The SMILES string of the molecule is CCOC(=O)C1=C(COc2ccc(Cl)c(Cl)c2)NC(=O)NC1C. The van der Waals surface area contributed by atoms with E-state index in [1.54, 1.807) is 32.0 Å². The highest BCUT2D eigenvalue weighted by Gasteiger charge is 2.29. The van der Waals surface area contributed by atoms with Gasteiger partial charge in [-0.05, 0) is 26.0 Å². The van der Waals surface area contributed by atoms with E-state index >= 15 is 0 Å². The lowest BCUT2D eigenvalue weighted by molar-refractivity contribution is -0.139. The van der Waals surface area contributed by atoms with Gasteiger partial charge in [0.15, 0.2) is 0 Å². The molecule has 124 valence electrons. The second kappa shape index (κ2) is 7.57. The van der Waals surface area contributed by atoms with Crippen LogP contribution >= 0.6 is 23.2 Å². The summed E-state index contributed by atoms with van der Waals surface area (Å²) in [5.74, 6) is -0.0317. The number of hydrogen-bond acceptors (Lipinski definition) is 4. The largest absolute Gasteiger partial charge is 0.487 e. The van der Waals surface area contributed by atoms with Gasteiger partial charge in [-0.25, -0.2) is 9.59 Å². The van der Waals surface area contributed by atoms with E-state index in [4.69, 9.17) is 32.7 Å². The molecule has 1 aliphatic rings. The average Bonchev–Trinajstić information content (AvgIpc) is 2.48. The molecule has 0 spiro atoms. The number of rotatable bonds is 5. The van der Waals surface area contributed by atoms with Crippen LogP contribution < -0.4 is 15.4 Å². The molecule has 0 fully saturated rings. The number of hydrogen-bond donors (Lipinski definition) is 2. The minimum atomic E-state index is -0.500. The summed E-state index contributed by atoms with van der Waals surface area (Å²) in [7, 11) is 0. The minimum absolute atomic E-state index is 0.0101. The van der Waals surface area contributed by atoms with Gasteiger partial charge in [-0.2, -0.15) is 0 Å². The summed E-state index contributed by atoms with van der Waals surface area (Å²) >= 11 is 11.8. The predicted molar refractivity (Wildman–Crippen MR) is 86.7 cm³/mol. The van der Waals surface area contributed by atoms with Gasteiger partial charge in [-0.3, -0.25) is 0 Å². The number of carbonyl (C=O) groups is 2. The summed E-state index contributed by atoms with van der Waals surface area (Å²) in [6.45, 7) is 3.64. The lowest BCUT2D eigenvalue weighted by atomic mass is 10.0. The van der Waals surface area contributed by atoms with Crippen LogP contribution in [0.1, 0.15) is 13.8 Å². The van der Waals surface area contributed by atoms with Crippen molar-refractivity contribution < 1.29 is 19.1 Å². The van der Waals surface area contributed by atoms with Crippen LogP contribution in [0.25, 0.3) is 0 Å². The van der Waals surface area contributed by atoms with Crippen LogP contribution in [-0.4, -0.2) is 31.3 Å². The van der Waals surface area contributed by atoms with E-state index in [1.165, 1.54) is 0 Å². The molecular formula is C15H16Cl2N2O4. The Morgan fingerprint density at radius 3 is 2.70 bits per heavy atom. The molecule has 8 heteroatoms. The monoisotopic (exact) mass is 358 g/mol. The third-order valence-corrected chi connectivity index (χ3v) is 3.88. The third kappa shape index (κ3) is 4.30. The lowest BCUT2D eigenvalue weighted by Crippen LogP contribution is -2.50. The number of urea groups is 1. The number of ether oxygens (including phenoxy) is 2. The van der Waals surface area contributed by atoms with Crippen LogP contribution in [0.4, 0.5) is 4.79 Å². The Kier molecular flexibility index (Phi) is 5.74. The van der Waals surface area contributed by atoms with Crippen molar-refractivity contribution in [1.29, 1.82) is 0 Å². The van der Waals surface area contributed by atoms with Crippen molar-refractivity contribution >= 4 is 35.2 Å². The molecule has 2 amide bonds. The van der Waals surface area contributed by atoms with Crippen molar-refractivity contribution in [2.45, 2.75) is 19.9 Å². The van der Waals surface area contributed by atoms with Gasteiger partial charge in [0, 0.05) is 6.07 Å². The standard InChI is InChI=1S/C15H16Cl2N2O4/c1-3-22-14(20)13-8(2)18-15(21)19-12(13)7-23-9-4-5-10(16)11(17)6-9/h4-6,8H,3,7H2,1-2H3,(H2,18,19,21). The first-order valence-corrected chi connectivity index (χ1v) is 7.73. The molecule has 2 N–H and O–H groups in total. The molecule has 0 aromatic heterocycles. The van der Waals surface area contributed by atoms with E-state index in [1.807, 2.05) is 0 Å². The molecule has 23 heavy (non-hydrogen) atoms. The molecule has 1 aliphatic heterocycles. The third-order valence-electron chi connectivity index (χ3n) is 3.14. The van der Waals surface area contributed by atoms with Crippen molar-refractivity contribution in [3.63, 3.8) is 0 Å². The molecule has 2 rings (SSSR count). The van der Waals surface area contributed by atoms with E-state index in [-0.39, 0.29) is 13.2 Å². The van der Waals surface area contributed by atoms with E-state index < -0.39 is 18.0 Å². The van der Waals surface area contributed by atoms with E-state index in [2.05, 4.69) is 10.6 Å². The summed E-state index contributed by atoms with van der Waals surface area (Å²) in [6, 6.07) is 3.92. The van der Waals surface area contributed by atoms with Crippen molar-refractivity contribution in [1.82, 2.24) is 10.6 Å². The van der Waals surface area contributed by atoms with Gasteiger partial charge >= 0.3 is 12.0 Å². The van der Waals surface area contributed by atoms with Crippen LogP contribution in [0.5, 0.6) is 5.75 Å². The first-order chi connectivity index (χ1) is 10.9. The van der Waals surface area contributed by atoms with Crippen LogP contribution in [0.2, 0.25) is 10.0 Å². The number of amides is 2. The lowest BCUT2D eigenvalue weighted by Gasteiger charge is -2.26. The quantitative estimate of drug-likeness (QED) is 0.793. The molecule has 1 aromatic carbocycles. The maximum absolute atomic E-state index is 12.1. The second-order valence-corrected chi connectivity index (χ2v) is 5.61. The molecular weight excluding hydrogens is 343 g/mol.